The number of carbonyl (C=O) groups is 2. The maximum Gasteiger partial charge on any atom is 0.416 e. The number of pyridine rings is 1. The average Bonchev–Trinajstić information content (AvgIpc) is 3.53. The fraction of sp³-hybridized carbons (Fsp3) is 0.188. The van der Waals surface area contributed by atoms with Gasteiger partial charge in [-0.25, -0.2) is 4.98 Å². The monoisotopic (exact) mass is 620 g/mol. The molecule has 1 saturated heterocycles. The van der Waals surface area contributed by atoms with Crippen LogP contribution in [0.25, 0.3) is 22.0 Å². The molecule has 0 spiro atoms. The van der Waals surface area contributed by atoms with E-state index in [4.69, 9.17) is 11.6 Å². The predicted molar refractivity (Wildman–Crippen MR) is 162 cm³/mol. The lowest BCUT2D eigenvalue weighted by atomic mass is 9.94. The number of nitrogens with zero attached hydrogens (tertiary/aromatic N) is 3. The maximum atomic E-state index is 13.5. The van der Waals surface area contributed by atoms with Crippen molar-refractivity contribution in [3.63, 3.8) is 0 Å². The van der Waals surface area contributed by atoms with Crippen molar-refractivity contribution in [1.82, 2.24) is 14.9 Å². The highest BCUT2D eigenvalue weighted by Crippen LogP contribution is 2.35. The summed E-state index contributed by atoms with van der Waals surface area (Å²) in [5.41, 5.74) is 2.25. The van der Waals surface area contributed by atoms with Crippen molar-refractivity contribution in [3.8, 4) is 11.1 Å². The van der Waals surface area contributed by atoms with E-state index in [9.17, 15) is 22.8 Å². The van der Waals surface area contributed by atoms with Crippen molar-refractivity contribution in [3.05, 3.63) is 111 Å². The van der Waals surface area contributed by atoms with Gasteiger partial charge in [0.05, 0.1) is 33.0 Å². The first-order valence-corrected chi connectivity index (χ1v) is 14.8. The largest absolute Gasteiger partial charge is 0.416 e. The summed E-state index contributed by atoms with van der Waals surface area (Å²) < 4.78 is 39.1. The number of benzene rings is 3. The zero-order valence-corrected chi connectivity index (χ0v) is 24.1. The first-order chi connectivity index (χ1) is 20.7. The summed E-state index contributed by atoms with van der Waals surface area (Å²) in [4.78, 5) is 37.2. The summed E-state index contributed by atoms with van der Waals surface area (Å²) in [5, 5.41) is 6.49. The number of halogens is 4. The molecule has 3 heterocycles. The van der Waals surface area contributed by atoms with Crippen LogP contribution in [-0.4, -0.2) is 39.8 Å². The van der Waals surface area contributed by atoms with Crippen LogP contribution in [0.1, 0.15) is 50.2 Å². The minimum absolute atomic E-state index is 0.0895. The molecule has 0 radical (unpaired) electrons. The Morgan fingerprint density at radius 3 is 2.40 bits per heavy atom. The molecule has 0 bridgehead atoms. The van der Waals surface area contributed by atoms with Crippen LogP contribution in [0.3, 0.4) is 0 Å². The molecule has 2 amide bonds. The number of fused-ring (bicyclic) bond motifs is 1. The van der Waals surface area contributed by atoms with Gasteiger partial charge in [-0.1, -0.05) is 60.1 Å². The van der Waals surface area contributed by atoms with Gasteiger partial charge in [0.2, 0.25) is 0 Å². The van der Waals surface area contributed by atoms with Gasteiger partial charge in [-0.15, -0.1) is 11.3 Å². The summed E-state index contributed by atoms with van der Waals surface area (Å²) >= 11 is 7.91. The molecule has 5 aromatic rings. The summed E-state index contributed by atoms with van der Waals surface area (Å²) in [7, 11) is 0. The van der Waals surface area contributed by atoms with E-state index in [1.54, 1.807) is 34.5 Å². The van der Waals surface area contributed by atoms with Gasteiger partial charge < -0.3 is 10.2 Å². The molecular formula is C32H24ClF3N4O2S. The Morgan fingerprint density at radius 1 is 0.953 bits per heavy atom. The minimum Gasteiger partial charge on any atom is -0.339 e. The van der Waals surface area contributed by atoms with Crippen LogP contribution < -0.4 is 5.32 Å². The van der Waals surface area contributed by atoms with Crippen LogP contribution in [0, 0.1) is 0 Å². The number of anilines is 1. The highest BCUT2D eigenvalue weighted by molar-refractivity contribution is 7.10. The highest BCUT2D eigenvalue weighted by Gasteiger charge is 2.31. The van der Waals surface area contributed by atoms with E-state index in [1.807, 2.05) is 24.3 Å². The van der Waals surface area contributed by atoms with Crippen molar-refractivity contribution in [1.29, 1.82) is 0 Å². The molecule has 6 rings (SSSR count). The lowest BCUT2D eigenvalue weighted by Crippen LogP contribution is -2.38. The normalized spacial score (nSPS) is 14.2. The van der Waals surface area contributed by atoms with Gasteiger partial charge in [-0.2, -0.15) is 13.2 Å². The SMILES string of the molecule is O=C(Nc1cnc2ccccc2c1Cl)c1csc(C2CCN(C(=O)c3ccccc3-c3ccc(C(F)(F)F)cc3)CC2)n1. The molecule has 2 aromatic heterocycles. The van der Waals surface area contributed by atoms with Gasteiger partial charge in [0.15, 0.2) is 0 Å². The predicted octanol–water partition coefficient (Wildman–Crippen LogP) is 8.30. The maximum absolute atomic E-state index is 13.5. The molecule has 0 saturated carbocycles. The summed E-state index contributed by atoms with van der Waals surface area (Å²) in [6, 6.07) is 19.2. The molecule has 0 unspecified atom stereocenters. The van der Waals surface area contributed by atoms with E-state index < -0.39 is 11.7 Å². The van der Waals surface area contributed by atoms with E-state index in [-0.39, 0.29) is 23.4 Å². The number of para-hydroxylation sites is 1. The Hall–Kier alpha value is -4.28. The minimum atomic E-state index is -4.43. The number of carbonyl (C=O) groups excluding carboxylic acids is 2. The number of piperidine rings is 1. The quantitative estimate of drug-likeness (QED) is 0.214. The fourth-order valence-electron chi connectivity index (χ4n) is 5.22. The number of aromatic nitrogens is 2. The van der Waals surface area contributed by atoms with Crippen molar-refractivity contribution in [2.45, 2.75) is 24.9 Å². The molecule has 0 aliphatic carbocycles. The van der Waals surface area contributed by atoms with Gasteiger partial charge >= 0.3 is 6.18 Å². The third-order valence-electron chi connectivity index (χ3n) is 7.52. The summed E-state index contributed by atoms with van der Waals surface area (Å²) in [6.45, 7) is 0.981. The van der Waals surface area contributed by atoms with Gasteiger partial charge in [0.25, 0.3) is 11.8 Å². The number of amides is 2. The standard InChI is InChI=1S/C32H24ClF3N4O2S/c33-28-24-7-3-4-8-25(24)37-17-26(28)38-29(41)27-18-43-30(39-27)20-13-15-40(16-14-20)31(42)23-6-2-1-5-22(23)19-9-11-21(12-10-19)32(34,35)36/h1-12,17-18,20H,13-16H2,(H,38,41). The molecule has 6 nitrogen and oxygen atoms in total. The molecule has 43 heavy (non-hydrogen) atoms. The van der Waals surface area contributed by atoms with Gasteiger partial charge in [-0.05, 0) is 48.2 Å². The van der Waals surface area contributed by atoms with Crippen LogP contribution in [-0.2, 0) is 6.18 Å². The van der Waals surface area contributed by atoms with Crippen LogP contribution >= 0.6 is 22.9 Å². The van der Waals surface area contributed by atoms with Gasteiger partial charge in [-0.3, -0.25) is 14.6 Å². The smallest absolute Gasteiger partial charge is 0.339 e. The Balaban J connectivity index is 1.11. The van der Waals surface area contributed by atoms with Gasteiger partial charge in [0.1, 0.15) is 5.69 Å². The zero-order valence-electron chi connectivity index (χ0n) is 22.6. The van der Waals surface area contributed by atoms with Crippen LogP contribution in [0.4, 0.5) is 18.9 Å². The molecule has 0 atom stereocenters. The second kappa shape index (κ2) is 11.8. The number of hydrogen-bond acceptors (Lipinski definition) is 5. The second-order valence-electron chi connectivity index (χ2n) is 10.2. The molecule has 1 aliphatic rings. The van der Waals surface area contributed by atoms with E-state index >= 15 is 0 Å². The summed E-state index contributed by atoms with van der Waals surface area (Å²) in [5.74, 6) is -0.463. The lowest BCUT2D eigenvalue weighted by molar-refractivity contribution is -0.137. The third kappa shape index (κ3) is 5.98. The van der Waals surface area contributed by atoms with Crippen LogP contribution in [0.5, 0.6) is 0 Å². The molecule has 11 heteroatoms. The zero-order chi connectivity index (χ0) is 30.1. The number of nitrogens with one attached hydrogen (secondary N) is 1. The van der Waals surface area contributed by atoms with Crippen molar-refractivity contribution in [2.75, 3.05) is 18.4 Å². The van der Waals surface area contributed by atoms with Crippen molar-refractivity contribution < 1.29 is 22.8 Å². The highest BCUT2D eigenvalue weighted by atomic mass is 35.5. The fourth-order valence-corrected chi connectivity index (χ4v) is 6.45. The number of rotatable bonds is 5. The average molecular weight is 621 g/mol. The molecule has 3 aromatic carbocycles. The number of alkyl halides is 3. The number of likely N-dealkylation sites (tertiary alicyclic amines) is 1. The number of thiazole rings is 1. The Morgan fingerprint density at radius 2 is 1.65 bits per heavy atom. The topological polar surface area (TPSA) is 75.2 Å². The Labute approximate surface area is 254 Å². The Kier molecular flexibility index (Phi) is 7.89. The van der Waals surface area contributed by atoms with Crippen LogP contribution in [0.15, 0.2) is 84.4 Å². The van der Waals surface area contributed by atoms with Gasteiger partial charge in [0, 0.05) is 35.3 Å². The third-order valence-corrected chi connectivity index (χ3v) is 8.94. The van der Waals surface area contributed by atoms with Crippen molar-refractivity contribution >= 4 is 51.3 Å². The van der Waals surface area contributed by atoms with E-state index in [0.717, 1.165) is 28.0 Å². The van der Waals surface area contributed by atoms with E-state index in [2.05, 4.69) is 15.3 Å². The van der Waals surface area contributed by atoms with Crippen molar-refractivity contribution in [2.24, 2.45) is 0 Å². The second-order valence-corrected chi connectivity index (χ2v) is 11.5. The van der Waals surface area contributed by atoms with Crippen LogP contribution in [0.2, 0.25) is 5.02 Å². The molecule has 218 valence electrons. The first kappa shape index (κ1) is 28.8. The van der Waals surface area contributed by atoms with E-state index in [1.165, 1.54) is 29.7 Å². The molecule has 1 fully saturated rings. The lowest BCUT2D eigenvalue weighted by Gasteiger charge is -2.31. The molecule has 1 aliphatic heterocycles. The molecular weight excluding hydrogens is 597 g/mol. The first-order valence-electron chi connectivity index (χ1n) is 13.5. The molecule has 1 N–H and O–H groups in total. The number of hydrogen-bond donors (Lipinski definition) is 1. The summed E-state index contributed by atoms with van der Waals surface area (Å²) in [6.07, 6.45) is -1.56. The Bertz CT molecular complexity index is 1820. The van der Waals surface area contributed by atoms with E-state index in [0.29, 0.717) is 53.3 Å².